The summed E-state index contributed by atoms with van der Waals surface area (Å²) >= 11 is 3.33. The fourth-order valence-corrected chi connectivity index (χ4v) is 1.15. The lowest BCUT2D eigenvalue weighted by Gasteiger charge is -1.88. The van der Waals surface area contributed by atoms with Gasteiger partial charge in [-0.05, 0) is 31.1 Å². The SMILES string of the molecule is C=Nc1nc(C)[nH]c1/C=C(\C)Br. The van der Waals surface area contributed by atoms with Gasteiger partial charge in [0.1, 0.15) is 5.82 Å². The van der Waals surface area contributed by atoms with E-state index in [4.69, 9.17) is 0 Å². The number of aromatic amines is 1. The quantitative estimate of drug-likeness (QED) is 0.777. The zero-order chi connectivity index (χ0) is 9.14. The van der Waals surface area contributed by atoms with Gasteiger partial charge in [0.25, 0.3) is 0 Å². The Hall–Kier alpha value is -0.900. The van der Waals surface area contributed by atoms with Crippen LogP contribution in [0.4, 0.5) is 5.82 Å². The first kappa shape index (κ1) is 9.19. The first-order chi connectivity index (χ1) is 5.63. The van der Waals surface area contributed by atoms with E-state index in [2.05, 4.69) is 37.6 Å². The topological polar surface area (TPSA) is 41.0 Å². The van der Waals surface area contributed by atoms with Crippen LogP contribution in [0.1, 0.15) is 18.4 Å². The third kappa shape index (κ3) is 2.04. The largest absolute Gasteiger partial charge is 0.341 e. The number of rotatable bonds is 2. The highest BCUT2D eigenvalue weighted by molar-refractivity contribution is 9.11. The molecule has 4 heteroatoms. The summed E-state index contributed by atoms with van der Waals surface area (Å²) < 4.78 is 1.02. The standard InChI is InChI=1S/C8H10BrN3/c1-5(9)4-7-8(10-3)12-6(2)11-7/h4H,3H2,1-2H3,(H,11,12)/b5-4+. The van der Waals surface area contributed by atoms with Crippen molar-refractivity contribution in [3.8, 4) is 0 Å². The van der Waals surface area contributed by atoms with Crippen molar-refractivity contribution in [3.05, 3.63) is 16.0 Å². The molecule has 0 saturated carbocycles. The number of halogens is 1. The number of allylic oxidation sites excluding steroid dienone is 1. The fourth-order valence-electron chi connectivity index (χ4n) is 0.918. The number of aryl methyl sites for hydroxylation is 1. The second-order valence-corrected chi connectivity index (χ2v) is 3.70. The van der Waals surface area contributed by atoms with Crippen LogP contribution in [0.25, 0.3) is 6.08 Å². The zero-order valence-electron chi connectivity index (χ0n) is 7.06. The molecule has 0 aliphatic heterocycles. The van der Waals surface area contributed by atoms with Crippen LogP contribution in [0.5, 0.6) is 0 Å². The monoisotopic (exact) mass is 227 g/mol. The molecule has 0 amide bonds. The second-order valence-electron chi connectivity index (χ2n) is 2.45. The van der Waals surface area contributed by atoms with Gasteiger partial charge in [-0.15, -0.1) is 0 Å². The highest BCUT2D eigenvalue weighted by atomic mass is 79.9. The predicted molar refractivity (Wildman–Crippen MR) is 55.1 cm³/mol. The number of aliphatic imine (C=N–C) groups is 1. The van der Waals surface area contributed by atoms with Crippen molar-refractivity contribution in [1.82, 2.24) is 9.97 Å². The Labute approximate surface area is 79.8 Å². The summed E-state index contributed by atoms with van der Waals surface area (Å²) in [5.41, 5.74) is 0.886. The zero-order valence-corrected chi connectivity index (χ0v) is 8.64. The molecule has 0 aromatic carbocycles. The average Bonchev–Trinajstić information content (AvgIpc) is 2.29. The van der Waals surface area contributed by atoms with Crippen molar-refractivity contribution in [2.75, 3.05) is 0 Å². The van der Waals surface area contributed by atoms with Gasteiger partial charge < -0.3 is 4.98 Å². The van der Waals surface area contributed by atoms with Gasteiger partial charge in [0.15, 0.2) is 5.82 Å². The van der Waals surface area contributed by atoms with E-state index in [1.54, 1.807) is 0 Å². The molecule has 0 fully saturated rings. The van der Waals surface area contributed by atoms with E-state index < -0.39 is 0 Å². The van der Waals surface area contributed by atoms with E-state index in [1.807, 2.05) is 19.9 Å². The van der Waals surface area contributed by atoms with Crippen LogP contribution in [0.2, 0.25) is 0 Å². The lowest BCUT2D eigenvalue weighted by molar-refractivity contribution is 1.14. The Morgan fingerprint density at radius 2 is 2.42 bits per heavy atom. The highest BCUT2D eigenvalue weighted by Crippen LogP contribution is 2.19. The van der Waals surface area contributed by atoms with Gasteiger partial charge in [-0.25, -0.2) is 9.98 Å². The minimum atomic E-state index is 0.645. The Morgan fingerprint density at radius 3 is 2.92 bits per heavy atom. The van der Waals surface area contributed by atoms with Crippen molar-refractivity contribution in [2.24, 2.45) is 4.99 Å². The lowest BCUT2D eigenvalue weighted by atomic mass is 10.4. The third-order valence-electron chi connectivity index (χ3n) is 1.32. The molecule has 1 aromatic rings. The molecule has 0 saturated heterocycles. The van der Waals surface area contributed by atoms with Crippen molar-refractivity contribution in [3.63, 3.8) is 0 Å². The summed E-state index contributed by atoms with van der Waals surface area (Å²) in [6.45, 7) is 7.27. The maximum absolute atomic E-state index is 4.13. The molecule has 12 heavy (non-hydrogen) atoms. The third-order valence-corrected chi connectivity index (χ3v) is 1.55. The second kappa shape index (κ2) is 3.67. The molecule has 0 atom stereocenters. The van der Waals surface area contributed by atoms with Crippen LogP contribution < -0.4 is 0 Å². The van der Waals surface area contributed by atoms with Crippen LogP contribution in [0, 0.1) is 6.92 Å². The van der Waals surface area contributed by atoms with Crippen molar-refractivity contribution in [1.29, 1.82) is 0 Å². The number of imidazole rings is 1. The highest BCUT2D eigenvalue weighted by Gasteiger charge is 2.02. The molecule has 1 N–H and O–H groups in total. The van der Waals surface area contributed by atoms with Crippen molar-refractivity contribution in [2.45, 2.75) is 13.8 Å². The van der Waals surface area contributed by atoms with Gasteiger partial charge >= 0.3 is 0 Å². The maximum Gasteiger partial charge on any atom is 0.177 e. The fraction of sp³-hybridized carbons (Fsp3) is 0.250. The molecule has 1 heterocycles. The van der Waals surface area contributed by atoms with Gasteiger partial charge in [0.05, 0.1) is 5.69 Å². The first-order valence-electron chi connectivity index (χ1n) is 3.50. The molecule has 1 rings (SSSR count). The maximum atomic E-state index is 4.13. The van der Waals surface area contributed by atoms with Crippen LogP contribution in [0.15, 0.2) is 9.47 Å². The molecule has 0 radical (unpaired) electrons. The molecule has 0 spiro atoms. The van der Waals surface area contributed by atoms with Crippen molar-refractivity contribution < 1.29 is 0 Å². The minimum absolute atomic E-state index is 0.645. The number of aromatic nitrogens is 2. The molecule has 0 aliphatic rings. The Morgan fingerprint density at radius 1 is 1.75 bits per heavy atom. The Bertz CT molecular complexity index is 321. The molecule has 0 aliphatic carbocycles. The molecule has 3 nitrogen and oxygen atoms in total. The van der Waals surface area contributed by atoms with Crippen LogP contribution in [0.3, 0.4) is 0 Å². The average molecular weight is 228 g/mol. The summed E-state index contributed by atoms with van der Waals surface area (Å²) in [6, 6.07) is 0. The summed E-state index contributed by atoms with van der Waals surface area (Å²) in [4.78, 5) is 11.0. The predicted octanol–water partition coefficient (Wildman–Crippen LogP) is 2.81. The van der Waals surface area contributed by atoms with Gasteiger partial charge in [-0.2, -0.15) is 0 Å². The number of hydrogen-bond acceptors (Lipinski definition) is 2. The van der Waals surface area contributed by atoms with Crippen LogP contribution in [-0.2, 0) is 0 Å². The molecule has 0 unspecified atom stereocenters. The van der Waals surface area contributed by atoms with Crippen molar-refractivity contribution >= 4 is 34.5 Å². The van der Waals surface area contributed by atoms with Gasteiger partial charge in [0, 0.05) is 0 Å². The smallest absolute Gasteiger partial charge is 0.177 e. The number of H-pyrrole nitrogens is 1. The van der Waals surface area contributed by atoms with Gasteiger partial charge in [0.2, 0.25) is 0 Å². The number of nitrogens with zero attached hydrogens (tertiary/aromatic N) is 2. The molecular formula is C8H10BrN3. The molecule has 1 aromatic heterocycles. The first-order valence-corrected chi connectivity index (χ1v) is 4.30. The minimum Gasteiger partial charge on any atom is -0.341 e. The normalized spacial score (nSPS) is 11.8. The summed E-state index contributed by atoms with van der Waals surface area (Å²) in [5.74, 6) is 1.49. The van der Waals surface area contributed by atoms with E-state index in [0.717, 1.165) is 16.0 Å². The van der Waals surface area contributed by atoms with E-state index in [0.29, 0.717) is 5.82 Å². The molecular weight excluding hydrogens is 218 g/mol. The summed E-state index contributed by atoms with van der Waals surface area (Å²) in [6.07, 6.45) is 1.92. The number of nitrogens with one attached hydrogen (secondary N) is 1. The van der Waals surface area contributed by atoms with Crippen LogP contribution >= 0.6 is 15.9 Å². The number of hydrogen-bond donors (Lipinski definition) is 1. The Balaban J connectivity index is 3.13. The van der Waals surface area contributed by atoms with Gasteiger partial charge in [-0.1, -0.05) is 15.9 Å². The summed E-state index contributed by atoms with van der Waals surface area (Å²) in [5, 5.41) is 0. The Kier molecular flexibility index (Phi) is 2.81. The van der Waals surface area contributed by atoms with E-state index in [9.17, 15) is 0 Å². The van der Waals surface area contributed by atoms with E-state index >= 15 is 0 Å². The molecule has 0 bridgehead atoms. The van der Waals surface area contributed by atoms with E-state index in [1.165, 1.54) is 0 Å². The van der Waals surface area contributed by atoms with Gasteiger partial charge in [-0.3, -0.25) is 0 Å². The lowest BCUT2D eigenvalue weighted by Crippen LogP contribution is -1.73. The van der Waals surface area contributed by atoms with Crippen LogP contribution in [-0.4, -0.2) is 16.7 Å². The van der Waals surface area contributed by atoms with E-state index in [-0.39, 0.29) is 0 Å². The molecule has 64 valence electrons. The summed E-state index contributed by atoms with van der Waals surface area (Å²) in [7, 11) is 0.